The molecule has 0 aliphatic carbocycles. The van der Waals surface area contributed by atoms with E-state index in [4.69, 9.17) is 5.11 Å². The first-order valence-electron chi connectivity index (χ1n) is 6.10. The van der Waals surface area contributed by atoms with Gasteiger partial charge in [0.15, 0.2) is 0 Å². The van der Waals surface area contributed by atoms with E-state index in [9.17, 15) is 4.79 Å². The molecule has 17 heavy (non-hydrogen) atoms. The van der Waals surface area contributed by atoms with Gasteiger partial charge in [-0.1, -0.05) is 41.5 Å². The summed E-state index contributed by atoms with van der Waals surface area (Å²) in [7, 11) is 0. The van der Waals surface area contributed by atoms with Crippen molar-refractivity contribution < 1.29 is 9.90 Å². The Morgan fingerprint density at radius 1 is 1.24 bits per heavy atom. The normalized spacial score (nSPS) is 14.5. The molecule has 0 aromatic heterocycles. The van der Waals surface area contributed by atoms with E-state index >= 15 is 0 Å². The monoisotopic (exact) mass is 261 g/mol. The molecule has 0 heterocycles. The van der Waals surface area contributed by atoms with Crippen molar-refractivity contribution >= 4 is 17.7 Å². The van der Waals surface area contributed by atoms with Gasteiger partial charge in [0.1, 0.15) is 0 Å². The zero-order valence-corrected chi connectivity index (χ0v) is 12.8. The first-order valence-corrected chi connectivity index (χ1v) is 7.09. The zero-order chi connectivity index (χ0) is 13.7. The van der Waals surface area contributed by atoms with Crippen LogP contribution in [-0.4, -0.2) is 34.2 Å². The predicted molar refractivity (Wildman–Crippen MR) is 75.3 cm³/mol. The molecule has 0 fully saturated rings. The van der Waals surface area contributed by atoms with Gasteiger partial charge in [0, 0.05) is 17.4 Å². The third-order valence-electron chi connectivity index (χ3n) is 2.43. The number of amides is 1. The minimum absolute atomic E-state index is 0.0230. The van der Waals surface area contributed by atoms with E-state index in [1.165, 1.54) is 0 Å². The molecule has 0 aromatic rings. The van der Waals surface area contributed by atoms with Crippen LogP contribution in [0.5, 0.6) is 0 Å². The van der Waals surface area contributed by atoms with Crippen molar-refractivity contribution in [2.75, 3.05) is 12.4 Å². The quantitative estimate of drug-likeness (QED) is 0.799. The summed E-state index contributed by atoms with van der Waals surface area (Å²) < 4.78 is 0.103. The van der Waals surface area contributed by atoms with Gasteiger partial charge in [0.25, 0.3) is 0 Å². The highest BCUT2D eigenvalue weighted by Gasteiger charge is 2.26. The van der Waals surface area contributed by atoms with Crippen molar-refractivity contribution in [2.45, 2.75) is 58.8 Å². The number of carbonyl (C=O) groups excluding carboxylic acids is 1. The average Bonchev–Trinajstić information content (AvgIpc) is 2.11. The van der Waals surface area contributed by atoms with Crippen LogP contribution in [0.1, 0.15) is 48.0 Å². The van der Waals surface area contributed by atoms with Crippen molar-refractivity contribution in [3.05, 3.63) is 0 Å². The number of carbonyl (C=O) groups is 1. The second-order valence-corrected chi connectivity index (χ2v) is 8.20. The number of hydrogen-bond acceptors (Lipinski definition) is 3. The number of nitrogens with one attached hydrogen (secondary N) is 1. The summed E-state index contributed by atoms with van der Waals surface area (Å²) in [6, 6.07) is 0.0283. The average molecular weight is 261 g/mol. The zero-order valence-electron chi connectivity index (χ0n) is 12.0. The molecule has 1 atom stereocenters. The highest BCUT2D eigenvalue weighted by Crippen LogP contribution is 2.24. The lowest BCUT2D eigenvalue weighted by Crippen LogP contribution is -2.45. The van der Waals surface area contributed by atoms with Gasteiger partial charge in [0.05, 0.1) is 5.75 Å². The second kappa shape index (κ2) is 6.64. The first-order chi connectivity index (χ1) is 7.56. The maximum Gasteiger partial charge on any atom is 0.230 e. The topological polar surface area (TPSA) is 49.3 Å². The lowest BCUT2D eigenvalue weighted by molar-refractivity contribution is -0.120. The minimum Gasteiger partial charge on any atom is -0.396 e. The van der Waals surface area contributed by atoms with Crippen LogP contribution in [0.3, 0.4) is 0 Å². The molecule has 1 unspecified atom stereocenters. The van der Waals surface area contributed by atoms with Crippen LogP contribution in [0.4, 0.5) is 0 Å². The van der Waals surface area contributed by atoms with Gasteiger partial charge >= 0.3 is 0 Å². The molecule has 3 nitrogen and oxygen atoms in total. The van der Waals surface area contributed by atoms with Crippen LogP contribution >= 0.6 is 11.8 Å². The van der Waals surface area contributed by atoms with E-state index < -0.39 is 0 Å². The molecule has 0 saturated carbocycles. The highest BCUT2D eigenvalue weighted by molar-refractivity contribution is 8.01. The van der Waals surface area contributed by atoms with E-state index in [1.807, 2.05) is 0 Å². The standard InChI is InChI=1S/C13H27NO2S/c1-12(2,3)10(7-8-15)14-11(16)9-17-13(4,5)6/h10,15H,7-9H2,1-6H3,(H,14,16). The van der Waals surface area contributed by atoms with Gasteiger partial charge in [-0.15, -0.1) is 11.8 Å². The van der Waals surface area contributed by atoms with E-state index in [2.05, 4.69) is 46.9 Å². The molecule has 0 rings (SSSR count). The molecule has 0 aliphatic rings. The van der Waals surface area contributed by atoms with E-state index in [0.29, 0.717) is 12.2 Å². The number of aliphatic hydroxyl groups is 1. The summed E-state index contributed by atoms with van der Waals surface area (Å²) in [6.07, 6.45) is 0.607. The highest BCUT2D eigenvalue weighted by atomic mass is 32.2. The molecule has 0 radical (unpaired) electrons. The van der Waals surface area contributed by atoms with Crippen molar-refractivity contribution in [1.82, 2.24) is 5.32 Å². The smallest absolute Gasteiger partial charge is 0.230 e. The Labute approximate surface area is 110 Å². The molecule has 2 N–H and O–H groups in total. The maximum atomic E-state index is 11.8. The fourth-order valence-electron chi connectivity index (χ4n) is 1.37. The molecule has 0 saturated heterocycles. The summed E-state index contributed by atoms with van der Waals surface area (Å²) in [5.74, 6) is 0.528. The molecule has 0 aliphatic heterocycles. The van der Waals surface area contributed by atoms with E-state index in [1.54, 1.807) is 11.8 Å². The van der Waals surface area contributed by atoms with Crippen LogP contribution in [0.15, 0.2) is 0 Å². The molecule has 102 valence electrons. The summed E-state index contributed by atoms with van der Waals surface area (Å²) in [4.78, 5) is 11.8. The lowest BCUT2D eigenvalue weighted by atomic mass is 9.85. The Morgan fingerprint density at radius 2 is 1.76 bits per heavy atom. The van der Waals surface area contributed by atoms with Crippen LogP contribution in [0, 0.1) is 5.41 Å². The number of thioether (sulfide) groups is 1. The second-order valence-electron chi connectivity index (χ2n) is 6.40. The van der Waals surface area contributed by atoms with Crippen LogP contribution in [0.25, 0.3) is 0 Å². The van der Waals surface area contributed by atoms with Gasteiger partial charge in [-0.05, 0) is 11.8 Å². The third-order valence-corrected chi connectivity index (χ3v) is 3.71. The largest absolute Gasteiger partial charge is 0.396 e. The first kappa shape index (κ1) is 16.8. The van der Waals surface area contributed by atoms with E-state index in [0.717, 1.165) is 0 Å². The fraction of sp³-hybridized carbons (Fsp3) is 0.923. The van der Waals surface area contributed by atoms with Gasteiger partial charge in [-0.2, -0.15) is 0 Å². The molecular weight excluding hydrogens is 234 g/mol. The van der Waals surface area contributed by atoms with E-state index in [-0.39, 0.29) is 28.7 Å². The molecule has 1 amide bonds. The molecule has 0 aromatic carbocycles. The minimum atomic E-state index is -0.0230. The molecule has 0 bridgehead atoms. The van der Waals surface area contributed by atoms with Crippen molar-refractivity contribution in [3.8, 4) is 0 Å². The van der Waals surface area contributed by atoms with Crippen LogP contribution in [0.2, 0.25) is 0 Å². The maximum absolute atomic E-state index is 11.8. The Morgan fingerprint density at radius 3 is 2.12 bits per heavy atom. The Bertz CT molecular complexity index is 241. The van der Waals surface area contributed by atoms with Gasteiger partial charge in [-0.25, -0.2) is 0 Å². The fourth-order valence-corrected chi connectivity index (χ4v) is 2.02. The number of rotatable bonds is 5. The Hall–Kier alpha value is -0.220. The summed E-state index contributed by atoms with van der Waals surface area (Å²) in [6.45, 7) is 12.6. The Balaban J connectivity index is 4.23. The molecular formula is C13H27NO2S. The molecule has 4 heteroatoms. The van der Waals surface area contributed by atoms with Crippen LogP contribution < -0.4 is 5.32 Å². The number of aliphatic hydroxyl groups excluding tert-OH is 1. The predicted octanol–water partition coefficient (Wildman–Crippen LogP) is 2.43. The lowest BCUT2D eigenvalue weighted by Gasteiger charge is -2.31. The van der Waals surface area contributed by atoms with Crippen LogP contribution in [-0.2, 0) is 4.79 Å². The van der Waals surface area contributed by atoms with Crippen molar-refractivity contribution in [3.63, 3.8) is 0 Å². The SMILES string of the molecule is CC(C)(C)SCC(=O)NC(CCO)C(C)(C)C. The van der Waals surface area contributed by atoms with Gasteiger partial charge < -0.3 is 10.4 Å². The summed E-state index contributed by atoms with van der Waals surface area (Å²) in [5.41, 5.74) is -0.0230. The van der Waals surface area contributed by atoms with Crippen molar-refractivity contribution in [1.29, 1.82) is 0 Å². The van der Waals surface area contributed by atoms with Gasteiger partial charge in [0.2, 0.25) is 5.91 Å². The van der Waals surface area contributed by atoms with Crippen molar-refractivity contribution in [2.24, 2.45) is 5.41 Å². The number of hydrogen-bond donors (Lipinski definition) is 2. The summed E-state index contributed by atoms with van der Waals surface area (Å²) in [5, 5.41) is 12.0. The van der Waals surface area contributed by atoms with Gasteiger partial charge in [-0.3, -0.25) is 4.79 Å². The Kier molecular flexibility index (Phi) is 6.56. The third kappa shape index (κ3) is 8.50. The summed E-state index contributed by atoms with van der Waals surface area (Å²) >= 11 is 1.64. The molecule has 0 spiro atoms.